The summed E-state index contributed by atoms with van der Waals surface area (Å²) in [5, 5.41) is 0. The number of aryl methyl sites for hydroxylation is 1. The van der Waals surface area contributed by atoms with E-state index in [-0.39, 0.29) is 10.7 Å². The van der Waals surface area contributed by atoms with Crippen LogP contribution in [0.1, 0.15) is 22.8 Å². The highest BCUT2D eigenvalue weighted by atomic mass is 32.2. The summed E-state index contributed by atoms with van der Waals surface area (Å²) in [6, 6.07) is 38.8. The zero-order valence-corrected chi connectivity index (χ0v) is 24.4. The monoisotopic (exact) mass is 582 g/mol. The molecule has 4 nitrogen and oxygen atoms in total. The van der Waals surface area contributed by atoms with Gasteiger partial charge in [0.2, 0.25) is 0 Å². The molecule has 0 radical (unpaired) electrons. The van der Waals surface area contributed by atoms with Crippen LogP contribution in [0.4, 0.5) is 0 Å². The van der Waals surface area contributed by atoms with E-state index in [1.165, 1.54) is 12.1 Å². The number of carbonyl (C=O) groups excluding carboxylic acids is 1. The summed E-state index contributed by atoms with van der Waals surface area (Å²) in [6.07, 6.45) is 0. The summed E-state index contributed by atoms with van der Waals surface area (Å²) in [7, 11) is -5.17. The fraction of sp³-hybridized carbons (Fsp3) is 0.0606. The molecule has 0 bridgehead atoms. The van der Waals surface area contributed by atoms with Gasteiger partial charge in [0, 0.05) is 27.0 Å². The highest BCUT2D eigenvalue weighted by molar-refractivity contribution is 7.99. The number of carbonyl (C=O) groups is 1. The lowest BCUT2D eigenvalue weighted by molar-refractivity contribution is 0.101. The van der Waals surface area contributed by atoms with Crippen molar-refractivity contribution >= 4 is 38.6 Å². The van der Waals surface area contributed by atoms with Crippen molar-refractivity contribution in [2.24, 2.45) is 0 Å². The van der Waals surface area contributed by atoms with Crippen LogP contribution in [0.25, 0.3) is 11.1 Å². The van der Waals surface area contributed by atoms with Crippen LogP contribution in [-0.4, -0.2) is 18.8 Å². The first-order valence-electron chi connectivity index (χ1n) is 12.5. The fourth-order valence-corrected chi connectivity index (χ4v) is 7.94. The van der Waals surface area contributed by atoms with Crippen LogP contribution in [0, 0.1) is 6.92 Å². The molecule has 0 aromatic heterocycles. The second-order valence-electron chi connectivity index (χ2n) is 9.23. The van der Waals surface area contributed by atoms with E-state index in [4.69, 9.17) is 0 Å². The Morgan fingerprint density at radius 2 is 1.23 bits per heavy atom. The predicted octanol–water partition coefficient (Wildman–Crippen LogP) is 8.02. The van der Waals surface area contributed by atoms with Crippen molar-refractivity contribution in [2.75, 3.05) is 0 Å². The molecule has 5 aromatic carbocycles. The Morgan fingerprint density at radius 3 is 1.77 bits per heavy atom. The molecule has 1 unspecified atom stereocenters. The van der Waals surface area contributed by atoms with Gasteiger partial charge in [-0.05, 0) is 91.7 Å². The molecule has 7 heteroatoms. The lowest BCUT2D eigenvalue weighted by Crippen LogP contribution is -2.09. The van der Waals surface area contributed by atoms with Gasteiger partial charge in [0.25, 0.3) is 0 Å². The minimum absolute atomic E-state index is 0.0570. The number of Topliss-reactive ketones (excluding diaryl/α,β-unsaturated/α-hetero) is 1. The summed E-state index contributed by atoms with van der Waals surface area (Å²) in [4.78, 5) is 16.3. The average molecular weight is 583 g/mol. The Kier molecular flexibility index (Phi) is 8.28. The molecule has 0 saturated heterocycles. The second-order valence-corrected chi connectivity index (χ2v) is 13.8. The second kappa shape index (κ2) is 11.9. The maximum absolute atomic E-state index is 11.8. The summed E-state index contributed by atoms with van der Waals surface area (Å²) in [6.45, 7) is 3.50. The number of hydrogen-bond donors (Lipinski definition) is 0. The molecule has 40 heavy (non-hydrogen) atoms. The van der Waals surface area contributed by atoms with Crippen LogP contribution < -0.4 is 0 Å². The molecule has 1 atom stereocenters. The molecular weight excluding hydrogens is 557 g/mol. The van der Waals surface area contributed by atoms with Gasteiger partial charge in [-0.25, -0.2) is 8.42 Å². The highest BCUT2D eigenvalue weighted by Crippen LogP contribution is 2.36. The van der Waals surface area contributed by atoms with Gasteiger partial charge in [-0.2, -0.15) is 0 Å². The van der Waals surface area contributed by atoms with Crippen LogP contribution in [0.2, 0.25) is 0 Å². The van der Waals surface area contributed by atoms with Gasteiger partial charge < -0.3 is 4.55 Å². The molecule has 5 aromatic rings. The minimum Gasteiger partial charge on any atom is -0.744 e. The number of benzene rings is 5. The molecule has 0 N–H and O–H groups in total. The van der Waals surface area contributed by atoms with Gasteiger partial charge in [0.05, 0.1) is 15.8 Å². The van der Waals surface area contributed by atoms with Crippen molar-refractivity contribution in [3.8, 4) is 11.1 Å². The van der Waals surface area contributed by atoms with Crippen molar-refractivity contribution in [1.82, 2.24) is 0 Å². The number of ketones is 1. The first kappa shape index (κ1) is 27.9. The van der Waals surface area contributed by atoms with Gasteiger partial charge >= 0.3 is 0 Å². The fourth-order valence-electron chi connectivity index (χ4n) is 4.30. The largest absolute Gasteiger partial charge is 0.744 e. The SMILES string of the molecule is CC(=O)c1ccc(Sc2ccc(-c3ccc([S+](c4ccccc4)c4cc(S(=O)(=O)[O-])ccc4C)cc3)cc2)cc1. The molecule has 0 spiro atoms. The van der Waals surface area contributed by atoms with E-state index in [1.807, 2.05) is 61.5 Å². The Hall–Kier alpha value is -3.62. The minimum atomic E-state index is -4.57. The maximum atomic E-state index is 11.8. The zero-order chi connectivity index (χ0) is 28.3. The predicted molar refractivity (Wildman–Crippen MR) is 160 cm³/mol. The molecule has 0 aliphatic rings. The molecule has 0 aliphatic carbocycles. The van der Waals surface area contributed by atoms with Crippen molar-refractivity contribution < 1.29 is 17.8 Å². The summed E-state index contributed by atoms with van der Waals surface area (Å²) >= 11 is 1.64. The molecule has 200 valence electrons. The standard InChI is InChI=1S/C33H26O4S3/c1-23-8-21-32(40(35,36)37)22-33(23)39(30-6-4-3-5-7-30)31-19-13-27(14-20-31)26-11-17-29(18-12-26)38-28-15-9-25(10-16-28)24(2)34/h3-22H,1-2H3. The smallest absolute Gasteiger partial charge is 0.170 e. The van der Waals surface area contributed by atoms with Gasteiger partial charge in [-0.15, -0.1) is 0 Å². The van der Waals surface area contributed by atoms with E-state index in [0.717, 1.165) is 41.2 Å². The Labute approximate surface area is 242 Å². The third-order valence-electron chi connectivity index (χ3n) is 6.42. The van der Waals surface area contributed by atoms with Crippen LogP contribution in [0.5, 0.6) is 0 Å². The van der Waals surface area contributed by atoms with E-state index in [9.17, 15) is 17.8 Å². The van der Waals surface area contributed by atoms with Gasteiger partial charge in [0.15, 0.2) is 20.5 Å². The molecule has 5 rings (SSSR count). The summed E-state index contributed by atoms with van der Waals surface area (Å²) in [5.41, 5.74) is 3.78. The van der Waals surface area contributed by atoms with E-state index in [0.29, 0.717) is 5.56 Å². The lowest BCUT2D eigenvalue weighted by Gasteiger charge is -2.13. The van der Waals surface area contributed by atoms with Crippen LogP contribution in [0.3, 0.4) is 0 Å². The van der Waals surface area contributed by atoms with E-state index < -0.39 is 21.0 Å². The quantitative estimate of drug-likeness (QED) is 0.105. The summed E-state index contributed by atoms with van der Waals surface area (Å²) in [5.74, 6) is 0.0570. The van der Waals surface area contributed by atoms with Crippen LogP contribution in [-0.2, 0) is 21.0 Å². The van der Waals surface area contributed by atoms with Crippen molar-refractivity contribution in [2.45, 2.75) is 43.2 Å². The topological polar surface area (TPSA) is 74.3 Å². The van der Waals surface area contributed by atoms with Crippen molar-refractivity contribution in [3.05, 3.63) is 132 Å². The molecule has 0 fully saturated rings. The Morgan fingerprint density at radius 1 is 0.700 bits per heavy atom. The average Bonchev–Trinajstić information content (AvgIpc) is 2.95. The Bertz CT molecular complexity index is 1750. The third-order valence-corrected chi connectivity index (χ3v) is 10.6. The van der Waals surface area contributed by atoms with Crippen molar-refractivity contribution in [1.29, 1.82) is 0 Å². The number of hydrogen-bond acceptors (Lipinski definition) is 5. The molecule has 0 aliphatic heterocycles. The Balaban J connectivity index is 1.42. The zero-order valence-electron chi connectivity index (χ0n) is 21.9. The normalized spacial score (nSPS) is 12.2. The molecule has 0 amide bonds. The van der Waals surface area contributed by atoms with E-state index in [1.54, 1.807) is 24.8 Å². The van der Waals surface area contributed by atoms with E-state index in [2.05, 4.69) is 48.5 Å². The van der Waals surface area contributed by atoms with Gasteiger partial charge in [0.1, 0.15) is 10.1 Å². The highest BCUT2D eigenvalue weighted by Gasteiger charge is 2.31. The van der Waals surface area contributed by atoms with Crippen LogP contribution in [0.15, 0.2) is 151 Å². The van der Waals surface area contributed by atoms with Crippen molar-refractivity contribution in [3.63, 3.8) is 0 Å². The molecule has 0 heterocycles. The lowest BCUT2D eigenvalue weighted by atomic mass is 10.1. The summed E-state index contributed by atoms with van der Waals surface area (Å²) < 4.78 is 35.4. The van der Waals surface area contributed by atoms with Crippen LogP contribution >= 0.6 is 11.8 Å². The maximum Gasteiger partial charge on any atom is 0.170 e. The molecule has 0 saturated carbocycles. The molecular formula is C33H26O4S3. The first-order chi connectivity index (χ1) is 19.2. The van der Waals surface area contributed by atoms with Gasteiger partial charge in [-0.3, -0.25) is 4.79 Å². The van der Waals surface area contributed by atoms with E-state index >= 15 is 0 Å². The number of rotatable bonds is 8. The third kappa shape index (κ3) is 6.40. The first-order valence-corrected chi connectivity index (χ1v) is 16.0. The van der Waals surface area contributed by atoms with Gasteiger partial charge in [-0.1, -0.05) is 60.3 Å².